The number of carbonyl (C=O) groups excluding carboxylic acids is 3. The molecule has 2 amide bonds. The first-order valence-electron chi connectivity index (χ1n) is 14.2. The number of amides is 2. The quantitative estimate of drug-likeness (QED) is 0.243. The van der Waals surface area contributed by atoms with Crippen molar-refractivity contribution in [2.45, 2.75) is 18.2 Å². The number of carbonyl (C=O) groups is 3. The highest BCUT2D eigenvalue weighted by Gasteiger charge is 2.65. The smallest absolute Gasteiger partial charge is 0.330 e. The molecule has 0 N–H and O–H groups in total. The van der Waals surface area contributed by atoms with E-state index in [4.69, 9.17) is 14.2 Å². The van der Waals surface area contributed by atoms with Crippen LogP contribution in [0.3, 0.4) is 0 Å². The van der Waals surface area contributed by atoms with Crippen molar-refractivity contribution in [1.29, 1.82) is 0 Å². The predicted molar refractivity (Wildman–Crippen MR) is 158 cm³/mol. The molecule has 0 unspecified atom stereocenters. The van der Waals surface area contributed by atoms with Gasteiger partial charge in [-0.25, -0.2) is 9.69 Å². The van der Waals surface area contributed by atoms with Crippen LogP contribution < -0.4 is 19.3 Å². The maximum Gasteiger partial charge on any atom is 0.330 e. The van der Waals surface area contributed by atoms with Crippen LogP contribution in [0.4, 0.5) is 11.4 Å². The lowest BCUT2D eigenvalue weighted by Crippen LogP contribution is -2.49. The van der Waals surface area contributed by atoms with Gasteiger partial charge in [-0.15, -0.1) is 0 Å². The molecular formula is C35H26N2O6. The van der Waals surface area contributed by atoms with Crippen molar-refractivity contribution >= 4 is 35.2 Å². The summed E-state index contributed by atoms with van der Waals surface area (Å²) in [6, 6.07) is 30.2. The monoisotopic (exact) mass is 570 g/mol. The summed E-state index contributed by atoms with van der Waals surface area (Å²) in [5, 5.41) is 0. The fourth-order valence-corrected chi connectivity index (χ4v) is 6.83. The van der Waals surface area contributed by atoms with E-state index in [0.717, 1.165) is 22.4 Å². The number of anilines is 2. The topological polar surface area (TPSA) is 85.4 Å². The minimum absolute atomic E-state index is 0.0745. The predicted octanol–water partition coefficient (Wildman–Crippen LogP) is 5.14. The van der Waals surface area contributed by atoms with Gasteiger partial charge in [0.15, 0.2) is 17.6 Å². The fourth-order valence-electron chi connectivity index (χ4n) is 6.83. The molecule has 0 saturated carbocycles. The molecule has 4 aromatic rings. The number of hydrogen-bond acceptors (Lipinski definition) is 7. The number of para-hydroxylation sites is 1. The Morgan fingerprint density at radius 1 is 0.767 bits per heavy atom. The maximum atomic E-state index is 14.5. The van der Waals surface area contributed by atoms with Crippen LogP contribution in [0.25, 0.3) is 6.08 Å². The standard InChI is InChI=1S/C35H26N2O6/c38-33-29-26-17-15-21-9-7-8-14-25(21)37(26)31(30(29)34(39)36(33)24-16-18-27-28(19-24)42-20-41-27)35(40)43-32(22-10-3-1-4-11-22)23-12-5-2-6-13-23/h1-19,26,29-32H,20H2/t26-,29-,30+,31-/m0/s1. The van der Waals surface area contributed by atoms with Crippen molar-refractivity contribution in [2.75, 3.05) is 16.6 Å². The Kier molecular flexibility index (Phi) is 5.82. The van der Waals surface area contributed by atoms with E-state index in [2.05, 4.69) is 0 Å². The van der Waals surface area contributed by atoms with Gasteiger partial charge >= 0.3 is 5.97 Å². The molecule has 4 aromatic carbocycles. The molecule has 0 bridgehead atoms. The maximum absolute atomic E-state index is 14.5. The summed E-state index contributed by atoms with van der Waals surface area (Å²) in [4.78, 5) is 45.9. The summed E-state index contributed by atoms with van der Waals surface area (Å²) in [6.07, 6.45) is 3.19. The number of nitrogens with zero attached hydrogens (tertiary/aromatic N) is 2. The highest BCUT2D eigenvalue weighted by atomic mass is 16.7. The van der Waals surface area contributed by atoms with Crippen LogP contribution in [0.15, 0.2) is 109 Å². The normalized spacial score (nSPS) is 22.9. The highest BCUT2D eigenvalue weighted by Crippen LogP contribution is 2.50. The zero-order chi connectivity index (χ0) is 29.1. The highest BCUT2D eigenvalue weighted by molar-refractivity contribution is 6.24. The Labute approximate surface area is 247 Å². The minimum Gasteiger partial charge on any atom is -0.454 e. The molecule has 2 saturated heterocycles. The molecule has 4 heterocycles. The average Bonchev–Trinajstić information content (AvgIpc) is 3.73. The van der Waals surface area contributed by atoms with Gasteiger partial charge in [0.05, 0.1) is 23.6 Å². The second-order valence-electron chi connectivity index (χ2n) is 11.0. The third kappa shape index (κ3) is 3.94. The van der Waals surface area contributed by atoms with E-state index < -0.39 is 41.9 Å². The van der Waals surface area contributed by atoms with Crippen molar-refractivity contribution in [3.63, 3.8) is 0 Å². The summed E-state index contributed by atoms with van der Waals surface area (Å²) in [5.74, 6) is -2.06. The van der Waals surface area contributed by atoms with Gasteiger partial charge in [0.2, 0.25) is 18.6 Å². The first-order valence-corrected chi connectivity index (χ1v) is 14.2. The van der Waals surface area contributed by atoms with Gasteiger partial charge in [0.25, 0.3) is 0 Å². The molecule has 4 aliphatic heterocycles. The van der Waals surface area contributed by atoms with Gasteiger partial charge in [0, 0.05) is 11.8 Å². The number of benzene rings is 4. The van der Waals surface area contributed by atoms with Gasteiger partial charge in [-0.05, 0) is 34.9 Å². The molecule has 2 fully saturated rings. The fraction of sp³-hybridized carbons (Fsp3) is 0.171. The Morgan fingerprint density at radius 3 is 2.16 bits per heavy atom. The molecule has 0 radical (unpaired) electrons. The summed E-state index contributed by atoms with van der Waals surface area (Å²) in [7, 11) is 0. The van der Waals surface area contributed by atoms with Crippen molar-refractivity contribution < 1.29 is 28.6 Å². The number of hydrogen-bond donors (Lipinski definition) is 0. The van der Waals surface area contributed by atoms with E-state index in [-0.39, 0.29) is 12.7 Å². The molecule has 0 aliphatic carbocycles. The largest absolute Gasteiger partial charge is 0.454 e. The average molecular weight is 571 g/mol. The van der Waals surface area contributed by atoms with Crippen LogP contribution in [-0.4, -0.2) is 36.7 Å². The molecule has 4 aliphatic rings. The summed E-state index contributed by atoms with van der Waals surface area (Å²) >= 11 is 0. The third-order valence-electron chi connectivity index (χ3n) is 8.71. The lowest BCUT2D eigenvalue weighted by molar-refractivity contribution is -0.151. The molecule has 212 valence electrons. The summed E-state index contributed by atoms with van der Waals surface area (Å²) < 4.78 is 17.3. The lowest BCUT2D eigenvalue weighted by atomic mass is 9.88. The molecule has 8 nitrogen and oxygen atoms in total. The number of esters is 1. The van der Waals surface area contributed by atoms with Crippen LogP contribution in [0, 0.1) is 11.8 Å². The zero-order valence-corrected chi connectivity index (χ0v) is 22.9. The van der Waals surface area contributed by atoms with Crippen LogP contribution in [-0.2, 0) is 19.1 Å². The SMILES string of the molecule is O=C(OC(c1ccccc1)c1ccccc1)[C@@H]1[C@@H]2C(=O)N(c3ccc4c(c3)OCO4)C(=O)[C@H]2[C@@H]2C=Cc3ccccc3N12. The third-order valence-corrected chi connectivity index (χ3v) is 8.71. The molecule has 0 aromatic heterocycles. The number of rotatable bonds is 5. The second kappa shape index (κ2) is 9.87. The van der Waals surface area contributed by atoms with E-state index in [1.807, 2.05) is 102 Å². The van der Waals surface area contributed by atoms with Gasteiger partial charge in [-0.2, -0.15) is 0 Å². The second-order valence-corrected chi connectivity index (χ2v) is 11.0. The number of imide groups is 1. The van der Waals surface area contributed by atoms with E-state index in [1.54, 1.807) is 18.2 Å². The minimum atomic E-state index is -1.02. The Balaban J connectivity index is 1.21. The van der Waals surface area contributed by atoms with Gasteiger partial charge in [-0.1, -0.05) is 91.0 Å². The molecule has 8 rings (SSSR count). The van der Waals surface area contributed by atoms with Crippen molar-refractivity contribution in [3.8, 4) is 11.5 Å². The van der Waals surface area contributed by atoms with Gasteiger partial charge in [-0.3, -0.25) is 9.59 Å². The van der Waals surface area contributed by atoms with Crippen molar-refractivity contribution in [1.82, 2.24) is 0 Å². The molecule has 8 heteroatoms. The number of fused-ring (bicyclic) bond motifs is 6. The van der Waals surface area contributed by atoms with Crippen LogP contribution in [0.1, 0.15) is 22.8 Å². The Morgan fingerprint density at radius 2 is 1.42 bits per heavy atom. The lowest BCUT2D eigenvalue weighted by Gasteiger charge is -2.36. The number of ether oxygens (including phenoxy) is 3. The van der Waals surface area contributed by atoms with E-state index in [9.17, 15) is 14.4 Å². The first kappa shape index (κ1) is 25.3. The summed E-state index contributed by atoms with van der Waals surface area (Å²) in [5.41, 5.74) is 3.70. The van der Waals surface area contributed by atoms with E-state index in [1.165, 1.54) is 4.90 Å². The molecule has 4 atom stereocenters. The van der Waals surface area contributed by atoms with Crippen LogP contribution in [0.2, 0.25) is 0 Å². The van der Waals surface area contributed by atoms with Gasteiger partial charge < -0.3 is 19.1 Å². The first-order chi connectivity index (χ1) is 21.1. The van der Waals surface area contributed by atoms with E-state index in [0.29, 0.717) is 17.2 Å². The Bertz CT molecular complexity index is 1750. The van der Waals surface area contributed by atoms with Crippen LogP contribution in [0.5, 0.6) is 11.5 Å². The van der Waals surface area contributed by atoms with Gasteiger partial charge in [0.1, 0.15) is 6.04 Å². The summed E-state index contributed by atoms with van der Waals surface area (Å²) in [6.45, 7) is 0.0745. The van der Waals surface area contributed by atoms with Crippen molar-refractivity contribution in [2.24, 2.45) is 11.8 Å². The van der Waals surface area contributed by atoms with E-state index >= 15 is 0 Å². The van der Waals surface area contributed by atoms with Crippen LogP contribution >= 0.6 is 0 Å². The zero-order valence-electron chi connectivity index (χ0n) is 22.9. The van der Waals surface area contributed by atoms with Crippen molar-refractivity contribution in [3.05, 3.63) is 126 Å². The molecule has 0 spiro atoms. The molecular weight excluding hydrogens is 544 g/mol. The Hall–Kier alpha value is -5.37. The molecule has 43 heavy (non-hydrogen) atoms.